The molecule has 0 fully saturated rings. The number of fused-ring (bicyclic) bond motifs is 9. The second kappa shape index (κ2) is 20.8. The summed E-state index contributed by atoms with van der Waals surface area (Å²) in [7, 11) is 0. The van der Waals surface area contributed by atoms with Crippen LogP contribution in [0.25, 0.3) is 123 Å². The molecule has 3 heterocycles. The zero-order valence-electron chi connectivity index (χ0n) is 48.9. The molecule has 87 heavy (non-hydrogen) atoms. The van der Waals surface area contributed by atoms with Crippen molar-refractivity contribution in [2.75, 3.05) is 0 Å². The van der Waals surface area contributed by atoms with Crippen molar-refractivity contribution in [1.29, 1.82) is 0 Å². The van der Waals surface area contributed by atoms with Crippen LogP contribution in [-0.2, 0) is 17.3 Å². The van der Waals surface area contributed by atoms with Gasteiger partial charge in [-0.1, -0.05) is 251 Å². The lowest BCUT2D eigenvalue weighted by Gasteiger charge is -2.39. The van der Waals surface area contributed by atoms with Crippen molar-refractivity contribution in [3.8, 4) is 78.9 Å². The van der Waals surface area contributed by atoms with Gasteiger partial charge in [-0.3, -0.25) is 0 Å². The van der Waals surface area contributed by atoms with Gasteiger partial charge in [-0.15, -0.1) is 0 Å². The Labute approximate surface area is 507 Å². The molecule has 0 aliphatic heterocycles. The number of para-hydroxylation sites is 3. The van der Waals surface area contributed by atoms with Gasteiger partial charge in [-0.25, -0.2) is 15.0 Å². The van der Waals surface area contributed by atoms with Crippen LogP contribution < -0.4 is 0 Å². The van der Waals surface area contributed by atoms with Crippen LogP contribution in [0, 0.1) is 0 Å². The van der Waals surface area contributed by atoms with Crippen LogP contribution in [0.3, 0.4) is 0 Å². The highest BCUT2D eigenvalue weighted by atomic mass is 15.1. The molecule has 0 spiro atoms. The molecule has 414 valence electrons. The van der Waals surface area contributed by atoms with Crippen LogP contribution in [0.2, 0.25) is 0 Å². The first-order chi connectivity index (χ1) is 42.8. The lowest BCUT2D eigenvalue weighted by atomic mass is 9.64. The summed E-state index contributed by atoms with van der Waals surface area (Å²) in [6, 6.07) is 106. The van der Waals surface area contributed by atoms with E-state index in [-0.39, 0.29) is 10.8 Å². The molecule has 2 atom stereocenters. The van der Waals surface area contributed by atoms with Gasteiger partial charge in [-0.05, 0) is 135 Å². The number of aromatic nitrogens is 5. The van der Waals surface area contributed by atoms with E-state index in [1.54, 1.807) is 0 Å². The summed E-state index contributed by atoms with van der Waals surface area (Å²) in [5, 5.41) is 4.76. The maximum absolute atomic E-state index is 5.20. The third-order valence-electron chi connectivity index (χ3n) is 18.9. The highest BCUT2D eigenvalue weighted by molar-refractivity contribution is 6.13. The third-order valence-corrected chi connectivity index (χ3v) is 18.9. The third kappa shape index (κ3) is 8.55. The minimum Gasteiger partial charge on any atom is -0.309 e. The fourth-order valence-electron chi connectivity index (χ4n) is 14.2. The Hall–Kier alpha value is -10.8. The Morgan fingerprint density at radius 1 is 0.379 bits per heavy atom. The zero-order chi connectivity index (χ0) is 58.2. The molecule has 15 aromatic rings. The van der Waals surface area contributed by atoms with E-state index >= 15 is 0 Å². The molecule has 0 radical (unpaired) electrons. The van der Waals surface area contributed by atoms with E-state index in [9.17, 15) is 0 Å². The molecule has 5 nitrogen and oxygen atoms in total. The minimum absolute atomic E-state index is 0.224. The standard InChI is InChI=1S/C82H61N5/c1-4-81(2,60-31-13-7-14-32-60)62-48-59(65-39-25-40-71-77(65)64-35-18-17-30-58(64)53-82(71,3)61-33-15-8-16-34-61)49-63(52-62)86-72-41-22-19-36-66(72)69-50-56(44-46-75(69)86)57-45-47-76-70(51-57)67-37-20-23-42-73(67)87(76)74-43-24-21-38-68(74)80-84-78(54-26-9-5-10-27-54)83-79(85-80)55-28-11-6-12-29-55/h5-52H,4,53H2,1-3H3. The average Bonchev–Trinajstić information content (AvgIpc) is 1.75. The fraction of sp³-hybridized carbons (Fsp3) is 0.0854. The summed E-state index contributed by atoms with van der Waals surface area (Å²) < 4.78 is 4.90. The minimum atomic E-state index is -0.280. The summed E-state index contributed by atoms with van der Waals surface area (Å²) in [6.07, 6.45) is 1.86. The molecule has 1 aliphatic rings. The zero-order valence-corrected chi connectivity index (χ0v) is 48.9. The molecule has 12 aromatic carbocycles. The predicted molar refractivity (Wildman–Crippen MR) is 361 cm³/mol. The van der Waals surface area contributed by atoms with Crippen molar-refractivity contribution in [2.24, 2.45) is 0 Å². The van der Waals surface area contributed by atoms with E-state index in [4.69, 9.17) is 15.0 Å². The van der Waals surface area contributed by atoms with Gasteiger partial charge < -0.3 is 9.13 Å². The number of hydrogen-bond acceptors (Lipinski definition) is 3. The van der Waals surface area contributed by atoms with Crippen LogP contribution in [0.4, 0.5) is 0 Å². The summed E-state index contributed by atoms with van der Waals surface area (Å²) >= 11 is 0. The summed E-state index contributed by atoms with van der Waals surface area (Å²) in [5.74, 6) is 1.87. The fourth-order valence-corrected chi connectivity index (χ4v) is 14.2. The average molecular weight is 1120 g/mol. The predicted octanol–water partition coefficient (Wildman–Crippen LogP) is 20.6. The largest absolute Gasteiger partial charge is 0.309 e. The lowest BCUT2D eigenvalue weighted by molar-refractivity contribution is 0.550. The van der Waals surface area contributed by atoms with Gasteiger partial charge in [0.05, 0.1) is 27.8 Å². The molecule has 2 unspecified atom stereocenters. The Kier molecular flexibility index (Phi) is 12.4. The Morgan fingerprint density at radius 2 is 0.885 bits per heavy atom. The first-order valence-electron chi connectivity index (χ1n) is 30.4. The SMILES string of the molecule is CCC(C)(c1ccccc1)c1cc(-c2cccc3c2-c2ccccc2CC3(C)c2ccccc2)cc(-n2c3ccccc3c3cc(-c4ccc5c(c4)c4ccccc4n5-c4ccccc4-c4nc(-c5ccccc5)nc(-c5ccccc5)n4)ccc32)c1. The van der Waals surface area contributed by atoms with Crippen LogP contribution in [0.5, 0.6) is 0 Å². The van der Waals surface area contributed by atoms with Gasteiger partial charge in [0.15, 0.2) is 17.5 Å². The lowest BCUT2D eigenvalue weighted by Crippen LogP contribution is -2.30. The first kappa shape index (κ1) is 51.9. The highest BCUT2D eigenvalue weighted by Gasteiger charge is 2.38. The topological polar surface area (TPSA) is 48.5 Å². The molecule has 0 saturated heterocycles. The van der Waals surface area contributed by atoms with E-state index in [2.05, 4.69) is 285 Å². The van der Waals surface area contributed by atoms with Crippen molar-refractivity contribution < 1.29 is 0 Å². The Bertz CT molecular complexity index is 5080. The molecule has 0 saturated carbocycles. The number of benzene rings is 12. The van der Waals surface area contributed by atoms with Crippen molar-refractivity contribution >= 4 is 43.6 Å². The van der Waals surface area contributed by atoms with E-state index in [0.717, 1.165) is 68.6 Å². The van der Waals surface area contributed by atoms with Crippen molar-refractivity contribution in [1.82, 2.24) is 24.1 Å². The van der Waals surface area contributed by atoms with Crippen LogP contribution in [0.1, 0.15) is 55.0 Å². The van der Waals surface area contributed by atoms with Crippen LogP contribution in [0.15, 0.2) is 291 Å². The molecule has 3 aromatic heterocycles. The molecular weight excluding hydrogens is 1050 g/mol. The van der Waals surface area contributed by atoms with E-state index < -0.39 is 0 Å². The van der Waals surface area contributed by atoms with Gasteiger partial charge in [0.2, 0.25) is 0 Å². The second-order valence-electron chi connectivity index (χ2n) is 23.8. The monoisotopic (exact) mass is 1120 g/mol. The molecule has 5 heteroatoms. The Morgan fingerprint density at radius 3 is 1.53 bits per heavy atom. The number of nitrogens with zero attached hydrogens (tertiary/aromatic N) is 5. The van der Waals surface area contributed by atoms with Gasteiger partial charge in [-0.2, -0.15) is 0 Å². The van der Waals surface area contributed by atoms with Gasteiger partial charge >= 0.3 is 0 Å². The van der Waals surface area contributed by atoms with Gasteiger partial charge in [0.1, 0.15) is 0 Å². The molecule has 0 bridgehead atoms. The van der Waals surface area contributed by atoms with E-state index in [1.807, 2.05) is 36.4 Å². The maximum Gasteiger partial charge on any atom is 0.166 e. The van der Waals surface area contributed by atoms with Gasteiger partial charge in [0.25, 0.3) is 0 Å². The molecule has 16 rings (SSSR count). The van der Waals surface area contributed by atoms with Crippen LogP contribution in [-0.4, -0.2) is 24.1 Å². The highest BCUT2D eigenvalue weighted by Crippen LogP contribution is 2.52. The molecular formula is C82H61N5. The molecule has 1 aliphatic carbocycles. The van der Waals surface area contributed by atoms with Crippen molar-refractivity contribution in [2.45, 2.75) is 44.4 Å². The van der Waals surface area contributed by atoms with E-state index in [0.29, 0.717) is 17.5 Å². The normalized spacial score (nSPS) is 14.5. The second-order valence-corrected chi connectivity index (χ2v) is 23.8. The summed E-state index contributed by atoms with van der Waals surface area (Å²) in [4.78, 5) is 15.4. The molecule has 0 N–H and O–H groups in total. The number of hydrogen-bond donors (Lipinski definition) is 0. The van der Waals surface area contributed by atoms with Gasteiger partial charge in [0, 0.05) is 54.8 Å². The maximum atomic E-state index is 5.20. The first-order valence-corrected chi connectivity index (χ1v) is 30.4. The van der Waals surface area contributed by atoms with Crippen LogP contribution >= 0.6 is 0 Å². The number of rotatable bonds is 11. The smallest absolute Gasteiger partial charge is 0.166 e. The quantitative estimate of drug-likeness (QED) is 0.130. The van der Waals surface area contributed by atoms with E-state index in [1.165, 1.54) is 77.1 Å². The van der Waals surface area contributed by atoms with Crippen molar-refractivity contribution in [3.63, 3.8) is 0 Å². The molecule has 0 amide bonds. The van der Waals surface area contributed by atoms with Crippen molar-refractivity contribution in [3.05, 3.63) is 319 Å². The summed E-state index contributed by atoms with van der Waals surface area (Å²) in [6.45, 7) is 7.21. The Balaban J connectivity index is 0.859. The summed E-state index contributed by atoms with van der Waals surface area (Å²) in [5.41, 5.74) is 23.0.